The summed E-state index contributed by atoms with van der Waals surface area (Å²) in [6.07, 6.45) is 1.21. The van der Waals surface area contributed by atoms with Crippen molar-refractivity contribution < 1.29 is 19.4 Å². The van der Waals surface area contributed by atoms with Gasteiger partial charge < -0.3 is 14.6 Å². The van der Waals surface area contributed by atoms with E-state index in [1.54, 1.807) is 0 Å². The summed E-state index contributed by atoms with van der Waals surface area (Å²) in [5, 5.41) is 10.6. The number of likely N-dealkylation sites (tertiary alicyclic amines) is 1. The van der Waals surface area contributed by atoms with Crippen molar-refractivity contribution >= 4 is 5.97 Å². The molecule has 2 aliphatic rings. The Morgan fingerprint density at radius 2 is 2.24 bits per heavy atom. The number of benzene rings is 1. The van der Waals surface area contributed by atoms with Crippen LogP contribution in [-0.2, 0) is 9.53 Å². The average Bonchev–Trinajstić information content (AvgIpc) is 2.55. The first-order valence-corrected chi connectivity index (χ1v) is 7.42. The molecule has 1 saturated heterocycles. The molecule has 1 fully saturated rings. The smallest absolute Gasteiger partial charge is 0.309 e. The van der Waals surface area contributed by atoms with Crippen molar-refractivity contribution in [3.8, 4) is 5.75 Å². The summed E-state index contributed by atoms with van der Waals surface area (Å²) in [4.78, 5) is 13.9. The van der Waals surface area contributed by atoms with E-state index in [4.69, 9.17) is 9.47 Å². The van der Waals surface area contributed by atoms with Crippen LogP contribution in [0.15, 0.2) is 24.3 Å². The highest BCUT2D eigenvalue weighted by Crippen LogP contribution is 2.35. The molecule has 1 aromatic rings. The molecule has 0 saturated carbocycles. The number of hydrogen-bond donors (Lipinski definition) is 1. The molecule has 5 nitrogen and oxygen atoms in total. The van der Waals surface area contributed by atoms with Gasteiger partial charge in [0.25, 0.3) is 0 Å². The molecule has 3 unspecified atom stereocenters. The Hall–Kier alpha value is -1.59. The van der Waals surface area contributed by atoms with Crippen LogP contribution in [-0.4, -0.2) is 48.8 Å². The molecule has 2 heterocycles. The van der Waals surface area contributed by atoms with Gasteiger partial charge in [-0.1, -0.05) is 18.2 Å². The lowest BCUT2D eigenvalue weighted by atomic mass is 9.92. The molecule has 0 amide bonds. The number of piperidine rings is 1. The third kappa shape index (κ3) is 2.76. The molecule has 3 atom stereocenters. The Labute approximate surface area is 124 Å². The first kappa shape index (κ1) is 14.4. The number of carbonyl (C=O) groups is 1. The maximum atomic E-state index is 11.7. The molecule has 2 aliphatic heterocycles. The zero-order valence-corrected chi connectivity index (χ0v) is 12.2. The monoisotopic (exact) mass is 291 g/mol. The predicted molar refractivity (Wildman–Crippen MR) is 77.0 cm³/mol. The Bertz CT molecular complexity index is 519. The minimum atomic E-state index is -0.577. The number of esters is 1. The van der Waals surface area contributed by atoms with E-state index in [9.17, 15) is 9.90 Å². The van der Waals surface area contributed by atoms with Gasteiger partial charge in [0.2, 0.25) is 0 Å². The summed E-state index contributed by atoms with van der Waals surface area (Å²) in [6.45, 7) is 1.95. The Morgan fingerprint density at radius 3 is 3.05 bits per heavy atom. The quantitative estimate of drug-likeness (QED) is 0.834. The number of fused-ring (bicyclic) bond motifs is 1. The zero-order valence-electron chi connectivity index (χ0n) is 12.2. The number of rotatable bonds is 2. The Kier molecular flexibility index (Phi) is 4.12. The largest absolute Gasteiger partial charge is 0.491 e. The summed E-state index contributed by atoms with van der Waals surface area (Å²) in [5.41, 5.74) is 0.828. The van der Waals surface area contributed by atoms with Crippen molar-refractivity contribution in [3.63, 3.8) is 0 Å². The summed E-state index contributed by atoms with van der Waals surface area (Å²) < 4.78 is 10.6. The molecule has 21 heavy (non-hydrogen) atoms. The van der Waals surface area contributed by atoms with Gasteiger partial charge in [-0.05, 0) is 25.5 Å². The second kappa shape index (κ2) is 6.03. The van der Waals surface area contributed by atoms with E-state index in [1.807, 2.05) is 24.3 Å². The number of hydrogen-bond acceptors (Lipinski definition) is 5. The van der Waals surface area contributed by atoms with Gasteiger partial charge in [-0.3, -0.25) is 9.69 Å². The van der Waals surface area contributed by atoms with Gasteiger partial charge in [-0.15, -0.1) is 0 Å². The molecule has 0 spiro atoms. The first-order chi connectivity index (χ1) is 10.2. The Balaban J connectivity index is 1.74. The minimum absolute atomic E-state index is 0.104. The molecule has 114 valence electrons. The summed E-state index contributed by atoms with van der Waals surface area (Å²) >= 11 is 0. The Morgan fingerprint density at radius 1 is 1.43 bits per heavy atom. The molecule has 0 aliphatic carbocycles. The van der Waals surface area contributed by atoms with Crippen molar-refractivity contribution in [2.45, 2.75) is 25.0 Å². The van der Waals surface area contributed by atoms with E-state index in [2.05, 4.69) is 4.90 Å². The second-order valence-corrected chi connectivity index (χ2v) is 5.72. The maximum absolute atomic E-state index is 11.7. The molecular weight excluding hydrogens is 270 g/mol. The summed E-state index contributed by atoms with van der Waals surface area (Å²) in [5.74, 6) is 0.488. The van der Waals surface area contributed by atoms with Crippen LogP contribution in [0.3, 0.4) is 0 Å². The van der Waals surface area contributed by atoms with E-state index < -0.39 is 6.10 Å². The number of methoxy groups -OCH3 is 1. The molecule has 3 rings (SSSR count). The highest BCUT2D eigenvalue weighted by atomic mass is 16.5. The molecule has 0 bridgehead atoms. The summed E-state index contributed by atoms with van der Waals surface area (Å²) in [7, 11) is 1.43. The van der Waals surface area contributed by atoms with Gasteiger partial charge in [0.15, 0.2) is 0 Å². The van der Waals surface area contributed by atoms with Gasteiger partial charge in [-0.2, -0.15) is 0 Å². The molecule has 1 N–H and O–H groups in total. The normalized spacial score (nSPS) is 29.3. The van der Waals surface area contributed by atoms with Crippen molar-refractivity contribution in [2.24, 2.45) is 5.92 Å². The van der Waals surface area contributed by atoms with Crippen molar-refractivity contribution in [3.05, 3.63) is 29.8 Å². The lowest BCUT2D eigenvalue weighted by Crippen LogP contribution is -2.51. The fourth-order valence-corrected chi connectivity index (χ4v) is 3.30. The lowest BCUT2D eigenvalue weighted by molar-refractivity contribution is -0.148. The van der Waals surface area contributed by atoms with Crippen LogP contribution in [0.1, 0.15) is 24.5 Å². The van der Waals surface area contributed by atoms with Crippen molar-refractivity contribution in [1.82, 2.24) is 4.90 Å². The minimum Gasteiger partial charge on any atom is -0.491 e. The third-order valence-electron chi connectivity index (χ3n) is 4.47. The number of para-hydroxylation sites is 1. The standard InChI is InChI=1S/C16H21NO4/c1-20-16(19)11-5-4-8-17(9-11)13-10-21-14-7-3-2-6-12(14)15(13)18/h2-3,6-7,11,13,15,18H,4-5,8-10H2,1H3. The SMILES string of the molecule is COC(=O)C1CCCN(C2COc3ccccc3C2O)C1. The number of aliphatic hydroxyl groups is 1. The predicted octanol–water partition coefficient (Wildman–Crippen LogP) is 1.37. The highest BCUT2D eigenvalue weighted by molar-refractivity contribution is 5.72. The third-order valence-corrected chi connectivity index (χ3v) is 4.47. The topological polar surface area (TPSA) is 59.0 Å². The van der Waals surface area contributed by atoms with Crippen LogP contribution in [0.2, 0.25) is 0 Å². The number of aliphatic hydroxyl groups excluding tert-OH is 1. The fraction of sp³-hybridized carbons (Fsp3) is 0.562. The van der Waals surface area contributed by atoms with Gasteiger partial charge >= 0.3 is 5.97 Å². The second-order valence-electron chi connectivity index (χ2n) is 5.72. The highest BCUT2D eigenvalue weighted by Gasteiger charge is 2.37. The van der Waals surface area contributed by atoms with Crippen LogP contribution in [0.5, 0.6) is 5.75 Å². The van der Waals surface area contributed by atoms with Crippen LogP contribution in [0, 0.1) is 5.92 Å². The molecule has 1 aromatic carbocycles. The van der Waals surface area contributed by atoms with Crippen molar-refractivity contribution in [2.75, 3.05) is 26.8 Å². The zero-order chi connectivity index (χ0) is 14.8. The molecular formula is C16H21NO4. The van der Waals surface area contributed by atoms with Crippen LogP contribution in [0.25, 0.3) is 0 Å². The van der Waals surface area contributed by atoms with Gasteiger partial charge in [-0.25, -0.2) is 0 Å². The maximum Gasteiger partial charge on any atom is 0.309 e. The van der Waals surface area contributed by atoms with Crippen LogP contribution < -0.4 is 4.74 Å². The number of nitrogens with zero attached hydrogens (tertiary/aromatic N) is 1. The van der Waals surface area contributed by atoms with E-state index in [1.165, 1.54) is 7.11 Å². The molecule has 0 radical (unpaired) electrons. The van der Waals surface area contributed by atoms with E-state index in [-0.39, 0.29) is 17.9 Å². The number of carbonyl (C=O) groups excluding carboxylic acids is 1. The molecule has 0 aromatic heterocycles. The van der Waals surface area contributed by atoms with E-state index >= 15 is 0 Å². The van der Waals surface area contributed by atoms with Gasteiger partial charge in [0.05, 0.1) is 19.1 Å². The first-order valence-electron chi connectivity index (χ1n) is 7.42. The average molecular weight is 291 g/mol. The number of ether oxygens (including phenoxy) is 2. The van der Waals surface area contributed by atoms with Crippen molar-refractivity contribution in [1.29, 1.82) is 0 Å². The summed E-state index contributed by atoms with van der Waals surface area (Å²) in [6, 6.07) is 7.48. The van der Waals surface area contributed by atoms with Crippen LogP contribution >= 0.6 is 0 Å². The van der Waals surface area contributed by atoms with E-state index in [0.29, 0.717) is 13.2 Å². The van der Waals surface area contributed by atoms with Gasteiger partial charge in [0, 0.05) is 12.1 Å². The van der Waals surface area contributed by atoms with E-state index in [0.717, 1.165) is 30.7 Å². The lowest BCUT2D eigenvalue weighted by Gasteiger charge is -2.41. The fourth-order valence-electron chi connectivity index (χ4n) is 3.30. The van der Waals surface area contributed by atoms with Crippen LogP contribution in [0.4, 0.5) is 0 Å². The van der Waals surface area contributed by atoms with Gasteiger partial charge in [0.1, 0.15) is 18.5 Å². The molecule has 5 heteroatoms.